The van der Waals surface area contributed by atoms with E-state index in [0.29, 0.717) is 0 Å². The van der Waals surface area contributed by atoms with E-state index in [0.717, 1.165) is 29.0 Å². The van der Waals surface area contributed by atoms with E-state index in [4.69, 9.17) is 0 Å². The molecule has 1 heterocycles. The molecule has 6 heteroatoms. The molecule has 108 valence electrons. The minimum Gasteiger partial charge on any atom is -0.309 e. The second-order valence-electron chi connectivity index (χ2n) is 4.65. The van der Waals surface area contributed by atoms with Gasteiger partial charge in [-0.15, -0.1) is 0 Å². The fraction of sp³-hybridized carbons (Fsp3) is 0.357. The number of halogens is 3. The van der Waals surface area contributed by atoms with Crippen molar-refractivity contribution in [3.63, 3.8) is 0 Å². The maximum absolute atomic E-state index is 12.6. The molecule has 2 rings (SSSR count). The lowest BCUT2D eigenvalue weighted by Crippen LogP contribution is -2.18. The molecular weight excluding hydrogens is 267 g/mol. The zero-order valence-corrected chi connectivity index (χ0v) is 11.5. The van der Waals surface area contributed by atoms with E-state index in [1.165, 1.54) is 12.1 Å². The second kappa shape index (κ2) is 5.28. The van der Waals surface area contributed by atoms with Crippen LogP contribution in [0, 0.1) is 6.92 Å². The minimum atomic E-state index is -4.31. The molecule has 1 N–H and O–H groups in total. The predicted octanol–water partition coefficient (Wildman–Crippen LogP) is 3.06. The van der Waals surface area contributed by atoms with Crippen molar-refractivity contribution < 1.29 is 13.2 Å². The molecule has 0 aliphatic heterocycles. The van der Waals surface area contributed by atoms with Crippen molar-refractivity contribution in [3.8, 4) is 0 Å². The number of aryl methyl sites for hydroxylation is 1. The number of hydrogen-bond donors (Lipinski definition) is 1. The van der Waals surface area contributed by atoms with Crippen LogP contribution in [0.3, 0.4) is 0 Å². The van der Waals surface area contributed by atoms with Crippen LogP contribution in [0.1, 0.15) is 28.4 Å². The van der Waals surface area contributed by atoms with Gasteiger partial charge in [-0.05, 0) is 31.7 Å². The first-order chi connectivity index (χ1) is 9.34. The summed E-state index contributed by atoms with van der Waals surface area (Å²) in [7, 11) is 3.60. The maximum Gasteiger partial charge on any atom is 0.416 e. The van der Waals surface area contributed by atoms with Crippen LogP contribution in [-0.2, 0) is 13.2 Å². The lowest BCUT2D eigenvalue weighted by molar-refractivity contribution is -0.137. The Morgan fingerprint density at radius 1 is 1.20 bits per heavy atom. The van der Waals surface area contributed by atoms with Gasteiger partial charge in [-0.25, -0.2) is 0 Å². The molecule has 0 fully saturated rings. The Labute approximate surface area is 115 Å². The van der Waals surface area contributed by atoms with E-state index in [1.54, 1.807) is 17.9 Å². The van der Waals surface area contributed by atoms with Gasteiger partial charge in [0.15, 0.2) is 0 Å². The van der Waals surface area contributed by atoms with Crippen LogP contribution in [-0.4, -0.2) is 16.8 Å². The molecule has 0 aliphatic rings. The van der Waals surface area contributed by atoms with Gasteiger partial charge >= 0.3 is 6.18 Å². The average Bonchev–Trinajstić information content (AvgIpc) is 2.72. The zero-order valence-electron chi connectivity index (χ0n) is 11.5. The molecule has 2 aromatic rings. The fourth-order valence-electron chi connectivity index (χ4n) is 2.17. The largest absolute Gasteiger partial charge is 0.416 e. The third kappa shape index (κ3) is 2.70. The number of hydrogen-bond acceptors (Lipinski definition) is 2. The Bertz CT molecular complexity index is 585. The zero-order chi connectivity index (χ0) is 14.9. The van der Waals surface area contributed by atoms with Crippen molar-refractivity contribution in [2.75, 3.05) is 7.05 Å². The SMILES string of the molecule is CNC(c1ccc(C(F)(F)F)cc1)c1cnn(C)c1C. The highest BCUT2D eigenvalue weighted by molar-refractivity contribution is 5.35. The van der Waals surface area contributed by atoms with E-state index in [2.05, 4.69) is 10.4 Å². The summed E-state index contributed by atoms with van der Waals surface area (Å²) in [6, 6.07) is 5.02. The number of rotatable bonds is 3. The summed E-state index contributed by atoms with van der Waals surface area (Å²) in [6.45, 7) is 1.93. The van der Waals surface area contributed by atoms with Gasteiger partial charge in [-0.1, -0.05) is 12.1 Å². The molecule has 0 radical (unpaired) electrons. The van der Waals surface area contributed by atoms with Gasteiger partial charge < -0.3 is 5.32 Å². The molecule has 0 saturated carbocycles. The number of nitrogens with zero attached hydrogens (tertiary/aromatic N) is 2. The molecular formula is C14H16F3N3. The molecule has 0 amide bonds. The first-order valence-corrected chi connectivity index (χ1v) is 6.17. The Kier molecular flexibility index (Phi) is 3.85. The topological polar surface area (TPSA) is 29.9 Å². The van der Waals surface area contributed by atoms with Crippen molar-refractivity contribution in [1.82, 2.24) is 15.1 Å². The number of aromatic nitrogens is 2. The summed E-state index contributed by atoms with van der Waals surface area (Å²) in [5.41, 5.74) is 2.06. The fourth-order valence-corrected chi connectivity index (χ4v) is 2.17. The molecule has 0 spiro atoms. The molecule has 0 saturated heterocycles. The van der Waals surface area contributed by atoms with Crippen molar-refractivity contribution in [2.24, 2.45) is 7.05 Å². The monoisotopic (exact) mass is 283 g/mol. The highest BCUT2D eigenvalue weighted by atomic mass is 19.4. The van der Waals surface area contributed by atoms with Gasteiger partial charge in [0.25, 0.3) is 0 Å². The molecule has 20 heavy (non-hydrogen) atoms. The average molecular weight is 283 g/mol. The maximum atomic E-state index is 12.6. The Balaban J connectivity index is 2.36. The molecule has 3 nitrogen and oxygen atoms in total. The smallest absolute Gasteiger partial charge is 0.309 e. The number of benzene rings is 1. The van der Waals surface area contributed by atoms with E-state index in [1.807, 2.05) is 14.0 Å². The summed E-state index contributed by atoms with van der Waals surface area (Å²) in [6.07, 6.45) is -2.58. The molecule has 0 bridgehead atoms. The normalized spacial score (nSPS) is 13.5. The van der Waals surface area contributed by atoms with Crippen LogP contribution < -0.4 is 5.32 Å². The summed E-state index contributed by atoms with van der Waals surface area (Å²) >= 11 is 0. The highest BCUT2D eigenvalue weighted by Gasteiger charge is 2.30. The van der Waals surface area contributed by atoms with Crippen LogP contribution in [0.25, 0.3) is 0 Å². The van der Waals surface area contributed by atoms with Crippen LogP contribution in [0.5, 0.6) is 0 Å². The van der Waals surface area contributed by atoms with Crippen LogP contribution in [0.2, 0.25) is 0 Å². The molecule has 1 aromatic carbocycles. The molecule has 1 unspecified atom stereocenters. The van der Waals surface area contributed by atoms with E-state index in [9.17, 15) is 13.2 Å². The number of alkyl halides is 3. The highest BCUT2D eigenvalue weighted by Crippen LogP contribution is 2.31. The lowest BCUT2D eigenvalue weighted by Gasteiger charge is -2.17. The van der Waals surface area contributed by atoms with E-state index < -0.39 is 11.7 Å². The van der Waals surface area contributed by atoms with Gasteiger partial charge in [-0.2, -0.15) is 18.3 Å². The van der Waals surface area contributed by atoms with Gasteiger partial charge in [0.1, 0.15) is 0 Å². The van der Waals surface area contributed by atoms with Gasteiger partial charge in [-0.3, -0.25) is 4.68 Å². The predicted molar refractivity (Wildman–Crippen MR) is 70.3 cm³/mol. The van der Waals surface area contributed by atoms with E-state index >= 15 is 0 Å². The number of nitrogens with one attached hydrogen (secondary N) is 1. The Morgan fingerprint density at radius 3 is 2.20 bits per heavy atom. The van der Waals surface area contributed by atoms with Crippen molar-refractivity contribution in [2.45, 2.75) is 19.1 Å². The van der Waals surface area contributed by atoms with E-state index in [-0.39, 0.29) is 6.04 Å². The Hall–Kier alpha value is -1.82. The minimum absolute atomic E-state index is 0.175. The quantitative estimate of drug-likeness (QED) is 0.938. The lowest BCUT2D eigenvalue weighted by atomic mass is 9.98. The second-order valence-corrected chi connectivity index (χ2v) is 4.65. The van der Waals surface area contributed by atoms with Gasteiger partial charge in [0, 0.05) is 18.3 Å². The van der Waals surface area contributed by atoms with Gasteiger partial charge in [0.2, 0.25) is 0 Å². The third-order valence-corrected chi connectivity index (χ3v) is 3.44. The van der Waals surface area contributed by atoms with Crippen LogP contribution in [0.4, 0.5) is 13.2 Å². The summed E-state index contributed by atoms with van der Waals surface area (Å²) in [4.78, 5) is 0. The van der Waals surface area contributed by atoms with Gasteiger partial charge in [0.05, 0.1) is 17.8 Å². The van der Waals surface area contributed by atoms with Crippen LogP contribution >= 0.6 is 0 Å². The molecule has 1 aromatic heterocycles. The van der Waals surface area contributed by atoms with Crippen LogP contribution in [0.15, 0.2) is 30.5 Å². The summed E-state index contributed by atoms with van der Waals surface area (Å²) < 4.78 is 39.4. The first kappa shape index (κ1) is 14.6. The van der Waals surface area contributed by atoms with Crippen molar-refractivity contribution in [3.05, 3.63) is 52.8 Å². The van der Waals surface area contributed by atoms with Crippen molar-refractivity contribution >= 4 is 0 Å². The third-order valence-electron chi connectivity index (χ3n) is 3.44. The standard InChI is InChI=1S/C14H16F3N3/c1-9-12(8-19-20(9)3)13(18-2)10-4-6-11(7-5-10)14(15,16)17/h4-8,13,18H,1-3H3. The first-order valence-electron chi connectivity index (χ1n) is 6.17. The summed E-state index contributed by atoms with van der Waals surface area (Å²) in [5, 5.41) is 7.28. The van der Waals surface area contributed by atoms with Crippen molar-refractivity contribution in [1.29, 1.82) is 0 Å². The molecule has 0 aliphatic carbocycles. The Morgan fingerprint density at radius 2 is 1.80 bits per heavy atom. The summed E-state index contributed by atoms with van der Waals surface area (Å²) in [5.74, 6) is 0. The molecule has 1 atom stereocenters.